The second-order valence-corrected chi connectivity index (χ2v) is 10.6. The number of esters is 1. The molecule has 34 heavy (non-hydrogen) atoms. The number of hydrogen-bond acceptors (Lipinski definition) is 6. The predicted octanol–water partition coefficient (Wildman–Crippen LogP) is 3.53. The fourth-order valence-electron chi connectivity index (χ4n) is 4.49. The first-order valence-corrected chi connectivity index (χ1v) is 12.7. The molecule has 0 aliphatic carbocycles. The topological polar surface area (TPSA) is 133 Å². The Morgan fingerprint density at radius 2 is 1.94 bits per heavy atom. The number of phenolic OH excluding ortho intramolecular Hbond substituents is 1. The Bertz CT molecular complexity index is 1600. The van der Waals surface area contributed by atoms with Crippen molar-refractivity contribution in [2.24, 2.45) is 0 Å². The molecule has 2 aromatic carbocycles. The number of alkyl halides is 1. The lowest BCUT2D eigenvalue weighted by molar-refractivity contribution is 0.0595. The highest BCUT2D eigenvalue weighted by Crippen LogP contribution is 2.46. The largest absolute Gasteiger partial charge is 0.506 e. The minimum absolute atomic E-state index is 0.119. The number of nitrogens with one attached hydrogen (secondary N) is 2. The Morgan fingerprint density at radius 3 is 2.62 bits per heavy atom. The van der Waals surface area contributed by atoms with Gasteiger partial charge in [-0.05, 0) is 35.9 Å². The SMILES string of the molecule is COC(=O)c1cc2c3c(cc(O)c2[nH]1)N(C(=O)c1cc2cc(S(C)(=O)=O)ccc2[nH]1)C[C@H]3CCl. The second kappa shape index (κ2) is 7.78. The Morgan fingerprint density at radius 1 is 1.18 bits per heavy atom. The van der Waals surface area contributed by atoms with Crippen LogP contribution in [0.1, 0.15) is 32.5 Å². The van der Waals surface area contributed by atoms with Gasteiger partial charge in [-0.25, -0.2) is 13.2 Å². The lowest BCUT2D eigenvalue weighted by Gasteiger charge is -2.17. The average molecular weight is 502 g/mol. The van der Waals surface area contributed by atoms with E-state index in [1.165, 1.54) is 30.2 Å². The van der Waals surface area contributed by atoms with E-state index in [0.717, 1.165) is 11.8 Å². The molecule has 1 amide bonds. The molecule has 3 heterocycles. The van der Waals surface area contributed by atoms with Gasteiger partial charge >= 0.3 is 5.97 Å². The number of fused-ring (bicyclic) bond motifs is 4. The van der Waals surface area contributed by atoms with Gasteiger partial charge in [0.15, 0.2) is 9.84 Å². The van der Waals surface area contributed by atoms with Crippen LogP contribution in [0.15, 0.2) is 41.3 Å². The molecule has 4 aromatic rings. The molecule has 1 atom stereocenters. The van der Waals surface area contributed by atoms with Crippen LogP contribution in [-0.2, 0) is 14.6 Å². The van der Waals surface area contributed by atoms with Gasteiger partial charge in [-0.15, -0.1) is 11.6 Å². The fraction of sp³-hybridized carbons (Fsp3) is 0.217. The van der Waals surface area contributed by atoms with E-state index in [1.807, 2.05) is 0 Å². The van der Waals surface area contributed by atoms with E-state index < -0.39 is 15.8 Å². The van der Waals surface area contributed by atoms with E-state index in [4.69, 9.17) is 16.3 Å². The first kappa shape index (κ1) is 22.3. The zero-order valence-corrected chi connectivity index (χ0v) is 19.7. The third kappa shape index (κ3) is 3.41. The van der Waals surface area contributed by atoms with Gasteiger partial charge in [0.25, 0.3) is 5.91 Å². The minimum Gasteiger partial charge on any atom is -0.506 e. The molecule has 0 spiro atoms. The van der Waals surface area contributed by atoms with Crippen molar-refractivity contribution in [3.05, 3.63) is 53.3 Å². The first-order chi connectivity index (χ1) is 16.1. The number of H-pyrrole nitrogens is 2. The van der Waals surface area contributed by atoms with Crippen molar-refractivity contribution in [3.63, 3.8) is 0 Å². The van der Waals surface area contributed by atoms with Crippen LogP contribution in [0.4, 0.5) is 5.69 Å². The molecule has 1 aliphatic heterocycles. The maximum Gasteiger partial charge on any atom is 0.354 e. The molecule has 0 fully saturated rings. The van der Waals surface area contributed by atoms with Crippen molar-refractivity contribution in [2.45, 2.75) is 10.8 Å². The van der Waals surface area contributed by atoms with Gasteiger partial charge < -0.3 is 24.7 Å². The number of methoxy groups -OCH3 is 1. The lowest BCUT2D eigenvalue weighted by atomic mass is 9.98. The molecule has 0 unspecified atom stereocenters. The molecule has 3 N–H and O–H groups in total. The number of ether oxygens (including phenoxy) is 1. The van der Waals surface area contributed by atoms with Crippen LogP contribution in [0, 0.1) is 0 Å². The summed E-state index contributed by atoms with van der Waals surface area (Å²) in [7, 11) is -2.13. The van der Waals surface area contributed by atoms with Gasteiger partial charge in [0.2, 0.25) is 0 Å². The molecule has 2 aromatic heterocycles. The summed E-state index contributed by atoms with van der Waals surface area (Å²) in [4.78, 5) is 33.1. The van der Waals surface area contributed by atoms with Crippen LogP contribution in [0.5, 0.6) is 5.75 Å². The van der Waals surface area contributed by atoms with Gasteiger partial charge in [-0.2, -0.15) is 0 Å². The molecule has 0 radical (unpaired) electrons. The Kier molecular flexibility index (Phi) is 5.10. The van der Waals surface area contributed by atoms with Crippen LogP contribution in [-0.4, -0.2) is 61.2 Å². The van der Waals surface area contributed by atoms with Gasteiger partial charge in [-0.1, -0.05) is 0 Å². The standard InChI is InChI=1S/C23H20ClN3O6S/c1-33-23(30)17-7-14-20-12(9-24)10-27(18(20)8-19(28)21(14)26-17)22(29)16-6-11-5-13(34(2,31)32)3-4-15(11)25-16/h3-8,12,25-26,28H,9-10H2,1-2H3/t12-/m1/s1. The van der Waals surface area contributed by atoms with Gasteiger partial charge in [-0.3, -0.25) is 4.79 Å². The van der Waals surface area contributed by atoms with Crippen LogP contribution in [0.2, 0.25) is 0 Å². The van der Waals surface area contributed by atoms with Crippen LogP contribution in [0.25, 0.3) is 21.8 Å². The molecule has 0 saturated heterocycles. The number of hydrogen-bond donors (Lipinski definition) is 3. The highest BCUT2D eigenvalue weighted by molar-refractivity contribution is 7.90. The van der Waals surface area contributed by atoms with Crippen molar-refractivity contribution < 1.29 is 27.9 Å². The number of anilines is 1. The zero-order valence-electron chi connectivity index (χ0n) is 18.2. The molecule has 176 valence electrons. The van der Waals surface area contributed by atoms with Crippen molar-refractivity contribution in [2.75, 3.05) is 30.7 Å². The highest BCUT2D eigenvalue weighted by Gasteiger charge is 2.36. The van der Waals surface area contributed by atoms with Crippen molar-refractivity contribution >= 4 is 60.8 Å². The number of nitrogens with zero attached hydrogens (tertiary/aromatic N) is 1. The Balaban J connectivity index is 1.61. The number of amides is 1. The van der Waals surface area contributed by atoms with Crippen LogP contribution < -0.4 is 4.90 Å². The van der Waals surface area contributed by atoms with E-state index >= 15 is 0 Å². The van der Waals surface area contributed by atoms with E-state index in [2.05, 4.69) is 9.97 Å². The van der Waals surface area contributed by atoms with Crippen molar-refractivity contribution in [1.82, 2.24) is 9.97 Å². The molecule has 0 bridgehead atoms. The second-order valence-electron chi connectivity index (χ2n) is 8.26. The Hall–Kier alpha value is -3.50. The number of rotatable bonds is 4. The third-order valence-corrected chi connectivity index (χ3v) is 7.59. The van der Waals surface area contributed by atoms with Crippen molar-refractivity contribution in [1.29, 1.82) is 0 Å². The number of halogens is 1. The molecule has 0 saturated carbocycles. The summed E-state index contributed by atoms with van der Waals surface area (Å²) < 4.78 is 28.5. The summed E-state index contributed by atoms with van der Waals surface area (Å²) >= 11 is 6.25. The third-order valence-electron chi connectivity index (χ3n) is 6.10. The molecule has 1 aliphatic rings. The predicted molar refractivity (Wildman–Crippen MR) is 128 cm³/mol. The summed E-state index contributed by atoms with van der Waals surface area (Å²) in [5.41, 5.74) is 2.67. The number of phenols is 1. The molecule has 9 nitrogen and oxygen atoms in total. The van der Waals surface area contributed by atoms with E-state index in [1.54, 1.807) is 18.2 Å². The maximum absolute atomic E-state index is 13.5. The number of aromatic nitrogens is 2. The first-order valence-electron chi connectivity index (χ1n) is 10.3. The number of benzene rings is 2. The molecular weight excluding hydrogens is 482 g/mol. The summed E-state index contributed by atoms with van der Waals surface area (Å²) in [6.07, 6.45) is 1.13. The monoisotopic (exact) mass is 501 g/mol. The molecular formula is C23H20ClN3O6S. The van der Waals surface area contributed by atoms with Crippen LogP contribution >= 0.6 is 11.6 Å². The zero-order chi connectivity index (χ0) is 24.4. The normalized spacial score (nSPS) is 15.7. The van der Waals surface area contributed by atoms with Crippen LogP contribution in [0.3, 0.4) is 0 Å². The summed E-state index contributed by atoms with van der Waals surface area (Å²) in [5.74, 6) is -1.06. The quantitative estimate of drug-likeness (QED) is 0.289. The van der Waals surface area contributed by atoms with E-state index in [-0.39, 0.29) is 46.3 Å². The molecule has 5 rings (SSSR count). The average Bonchev–Trinajstić information content (AvgIpc) is 3.51. The van der Waals surface area contributed by atoms with E-state index in [0.29, 0.717) is 27.5 Å². The summed E-state index contributed by atoms with van der Waals surface area (Å²) in [6, 6.07) is 9.28. The number of aromatic hydroxyl groups is 1. The van der Waals surface area contributed by atoms with Crippen molar-refractivity contribution in [3.8, 4) is 5.75 Å². The number of sulfone groups is 1. The summed E-state index contributed by atoms with van der Waals surface area (Å²) in [6.45, 7) is 0.277. The fourth-order valence-corrected chi connectivity index (χ4v) is 5.40. The lowest BCUT2D eigenvalue weighted by Crippen LogP contribution is -2.30. The summed E-state index contributed by atoms with van der Waals surface area (Å²) in [5, 5.41) is 11.8. The number of aromatic amines is 2. The van der Waals surface area contributed by atoms with Gasteiger partial charge in [0.05, 0.1) is 23.2 Å². The minimum atomic E-state index is -3.39. The molecule has 11 heteroatoms. The number of carbonyl (C=O) groups is 2. The maximum atomic E-state index is 13.5. The highest BCUT2D eigenvalue weighted by atomic mass is 35.5. The Labute approximate surface area is 199 Å². The number of carbonyl (C=O) groups excluding carboxylic acids is 2. The van der Waals surface area contributed by atoms with E-state index in [9.17, 15) is 23.1 Å². The van der Waals surface area contributed by atoms with Gasteiger partial charge in [0, 0.05) is 47.0 Å². The smallest absolute Gasteiger partial charge is 0.354 e. The van der Waals surface area contributed by atoms with Gasteiger partial charge in [0.1, 0.15) is 17.1 Å².